The molecular weight excluding hydrogens is 303 g/mol. The number of rotatable bonds is 0. The van der Waals surface area contributed by atoms with E-state index in [4.69, 9.17) is 37.4 Å². The Morgan fingerprint density at radius 2 is 1.00 bits per heavy atom. The van der Waals surface area contributed by atoms with Crippen LogP contribution < -0.4 is 22.9 Å². The van der Waals surface area contributed by atoms with E-state index in [-0.39, 0.29) is 23.8 Å². The van der Waals surface area contributed by atoms with Crippen molar-refractivity contribution in [2.45, 2.75) is 0 Å². The topological polar surface area (TPSA) is 200 Å². The number of guanidine groups is 4. The number of aliphatic imine (C=N–C) groups is 2. The predicted molar refractivity (Wildman–Crippen MR) is 75.1 cm³/mol. The molecule has 0 atom stereocenters. The van der Waals surface area contributed by atoms with Crippen LogP contribution in [0.1, 0.15) is 0 Å². The van der Waals surface area contributed by atoms with Crippen molar-refractivity contribution in [1.82, 2.24) is 9.80 Å². The van der Waals surface area contributed by atoms with E-state index in [9.17, 15) is 0 Å². The SMILES string of the molecule is CN(C)C(=N)N=C(N)N.CN(C)C(=N)N=C(N)N.[O]=[V]. The normalized spacial score (nSPS) is 7.55. The summed E-state index contributed by atoms with van der Waals surface area (Å²) < 4.78 is 8.19. The standard InChI is InChI=1S/2C4H11N5.O.V/c2*1-9(2)4(7)8-3(5)6;;/h2*1-2H3,(H5,5,6,7,8);;. The van der Waals surface area contributed by atoms with Gasteiger partial charge >= 0.3 is 21.0 Å². The molecular formula is C8H22N10OV. The van der Waals surface area contributed by atoms with Crippen LogP contribution in [-0.4, -0.2) is 61.8 Å². The molecule has 0 aliphatic heterocycles. The molecule has 0 radical (unpaired) electrons. The molecule has 0 aliphatic rings. The maximum absolute atomic E-state index is 8.19. The van der Waals surface area contributed by atoms with Crippen LogP contribution in [0.3, 0.4) is 0 Å². The van der Waals surface area contributed by atoms with Gasteiger partial charge in [-0.25, -0.2) is 0 Å². The van der Waals surface area contributed by atoms with Crippen LogP contribution in [0, 0.1) is 10.8 Å². The van der Waals surface area contributed by atoms with Gasteiger partial charge in [0.1, 0.15) is 0 Å². The summed E-state index contributed by atoms with van der Waals surface area (Å²) >= 11 is 1.06. The second-order valence-corrected chi connectivity index (χ2v) is 3.51. The minimum atomic E-state index is -0.0892. The van der Waals surface area contributed by atoms with Crippen LogP contribution in [0.4, 0.5) is 0 Å². The Morgan fingerprint density at radius 3 is 1.05 bits per heavy atom. The summed E-state index contributed by atoms with van der Waals surface area (Å²) in [6, 6.07) is 0. The van der Waals surface area contributed by atoms with Gasteiger partial charge < -0.3 is 32.7 Å². The van der Waals surface area contributed by atoms with Crippen LogP contribution >= 0.6 is 0 Å². The molecule has 10 N–H and O–H groups in total. The Hall–Kier alpha value is -2.14. The molecule has 0 saturated carbocycles. The molecule has 0 unspecified atom stereocenters. The van der Waals surface area contributed by atoms with Gasteiger partial charge in [-0.15, -0.1) is 0 Å². The zero-order chi connectivity index (χ0) is 16.9. The molecule has 0 spiro atoms. The van der Waals surface area contributed by atoms with Crippen molar-refractivity contribution < 1.29 is 21.0 Å². The van der Waals surface area contributed by atoms with Crippen LogP contribution in [0.5, 0.6) is 0 Å². The van der Waals surface area contributed by atoms with Gasteiger partial charge in [-0.3, -0.25) is 10.8 Å². The fraction of sp³-hybridized carbons (Fsp3) is 0.500. The molecule has 20 heavy (non-hydrogen) atoms. The van der Waals surface area contributed by atoms with Crippen molar-refractivity contribution in [2.24, 2.45) is 32.9 Å². The van der Waals surface area contributed by atoms with Crippen LogP contribution in [0.2, 0.25) is 0 Å². The van der Waals surface area contributed by atoms with E-state index in [1.807, 2.05) is 0 Å². The van der Waals surface area contributed by atoms with E-state index in [0.717, 1.165) is 17.4 Å². The van der Waals surface area contributed by atoms with E-state index >= 15 is 0 Å². The van der Waals surface area contributed by atoms with Crippen molar-refractivity contribution >= 4 is 23.8 Å². The number of hydrogen-bond acceptors (Lipinski definition) is 3. The van der Waals surface area contributed by atoms with Crippen molar-refractivity contribution in [3.05, 3.63) is 0 Å². The summed E-state index contributed by atoms with van der Waals surface area (Å²) in [4.78, 5) is 9.92. The molecule has 0 saturated heterocycles. The number of hydrogen-bond donors (Lipinski definition) is 6. The van der Waals surface area contributed by atoms with Gasteiger partial charge in [0.25, 0.3) is 0 Å². The number of nitrogens with two attached hydrogens (primary N) is 4. The Morgan fingerprint density at radius 1 is 0.800 bits per heavy atom. The second-order valence-electron chi connectivity index (χ2n) is 3.51. The maximum atomic E-state index is 8.19. The fourth-order valence-electron chi connectivity index (χ4n) is 0.445. The summed E-state index contributed by atoms with van der Waals surface area (Å²) in [5, 5.41) is 14.1. The third-order valence-electron chi connectivity index (χ3n) is 1.32. The van der Waals surface area contributed by atoms with E-state index in [0.29, 0.717) is 0 Å². The molecule has 11 nitrogen and oxygen atoms in total. The molecule has 0 aromatic carbocycles. The van der Waals surface area contributed by atoms with Gasteiger partial charge in [0.05, 0.1) is 0 Å². The zero-order valence-corrected chi connectivity index (χ0v) is 13.4. The Balaban J connectivity index is -0.000000257. The minimum absolute atomic E-state index is 0.0509. The molecule has 0 rings (SSSR count). The summed E-state index contributed by atoms with van der Waals surface area (Å²) in [5.74, 6) is -0.0765. The summed E-state index contributed by atoms with van der Waals surface area (Å²) in [6.45, 7) is 0. The Labute approximate surface area is 127 Å². The van der Waals surface area contributed by atoms with E-state index in [2.05, 4.69) is 9.98 Å². The molecule has 0 heterocycles. The van der Waals surface area contributed by atoms with Crippen molar-refractivity contribution in [2.75, 3.05) is 28.2 Å². The van der Waals surface area contributed by atoms with Crippen molar-refractivity contribution in [3.8, 4) is 0 Å². The first-order chi connectivity index (χ1) is 9.07. The van der Waals surface area contributed by atoms with E-state index < -0.39 is 0 Å². The van der Waals surface area contributed by atoms with Crippen molar-refractivity contribution in [3.63, 3.8) is 0 Å². The average molecular weight is 325 g/mol. The first-order valence-electron chi connectivity index (χ1n) is 4.97. The van der Waals surface area contributed by atoms with E-state index in [1.54, 1.807) is 28.2 Å². The second kappa shape index (κ2) is 13.3. The van der Waals surface area contributed by atoms with Gasteiger partial charge in [-0.1, -0.05) is 0 Å². The zero-order valence-electron chi connectivity index (χ0n) is 12.0. The molecule has 0 bridgehead atoms. The van der Waals surface area contributed by atoms with Crippen LogP contribution in [0.25, 0.3) is 0 Å². The van der Waals surface area contributed by atoms with Gasteiger partial charge in [0, 0.05) is 28.2 Å². The molecule has 0 aromatic heterocycles. The van der Waals surface area contributed by atoms with Gasteiger partial charge in [-0.2, -0.15) is 9.98 Å². The summed E-state index contributed by atoms with van der Waals surface area (Å²) in [5.41, 5.74) is 20.0. The number of nitrogens with zero attached hydrogens (tertiary/aromatic N) is 4. The molecule has 0 aliphatic carbocycles. The summed E-state index contributed by atoms with van der Waals surface area (Å²) in [6.07, 6.45) is 0. The molecule has 12 heteroatoms. The Kier molecular flexibility index (Phi) is 15.3. The Bertz CT molecular complexity index is 322. The third kappa shape index (κ3) is 18.2. The quantitative estimate of drug-likeness (QED) is 0.207. The van der Waals surface area contributed by atoms with Crippen LogP contribution in [-0.2, 0) is 21.0 Å². The predicted octanol–water partition coefficient (Wildman–Crippen LogP) is -2.61. The molecule has 0 amide bonds. The van der Waals surface area contributed by atoms with Crippen LogP contribution in [0.15, 0.2) is 9.98 Å². The molecule has 0 fully saturated rings. The monoisotopic (exact) mass is 325 g/mol. The van der Waals surface area contributed by atoms with Gasteiger partial charge in [0.15, 0.2) is 11.9 Å². The number of nitrogens with one attached hydrogen (secondary N) is 2. The summed E-state index contributed by atoms with van der Waals surface area (Å²) in [7, 11) is 6.76. The van der Waals surface area contributed by atoms with Gasteiger partial charge in [0.2, 0.25) is 11.9 Å². The van der Waals surface area contributed by atoms with E-state index in [1.165, 1.54) is 9.80 Å². The van der Waals surface area contributed by atoms with Crippen molar-refractivity contribution in [1.29, 1.82) is 10.8 Å². The van der Waals surface area contributed by atoms with Gasteiger partial charge in [-0.05, 0) is 0 Å². The first-order valence-corrected chi connectivity index (χ1v) is 5.54. The fourth-order valence-corrected chi connectivity index (χ4v) is 0.445. The average Bonchev–Trinajstić information content (AvgIpc) is 2.30. The third-order valence-corrected chi connectivity index (χ3v) is 1.32. The first kappa shape index (κ1) is 23.0. The molecule has 0 aromatic rings. The molecule has 115 valence electrons.